The van der Waals surface area contributed by atoms with Crippen molar-refractivity contribution in [2.45, 2.75) is 0 Å². The first-order chi connectivity index (χ1) is 8.22. The largest absolute Gasteiger partial charge is 0.336 e. The Hall–Kier alpha value is -1.79. The van der Waals surface area contributed by atoms with Crippen LogP contribution in [0.1, 0.15) is 15.9 Å². The first-order valence-electron chi connectivity index (χ1n) is 5.76. The van der Waals surface area contributed by atoms with Gasteiger partial charge in [0, 0.05) is 31.7 Å². The van der Waals surface area contributed by atoms with Gasteiger partial charge in [-0.15, -0.1) is 6.42 Å². The molecular weight excluding hydrogens is 212 g/mol. The summed E-state index contributed by atoms with van der Waals surface area (Å²) in [6.45, 7) is 3.39. The van der Waals surface area contributed by atoms with Crippen LogP contribution in [-0.4, -0.2) is 48.9 Å². The summed E-state index contributed by atoms with van der Waals surface area (Å²) in [7, 11) is 2.07. The molecule has 0 aromatic heterocycles. The van der Waals surface area contributed by atoms with Crippen molar-refractivity contribution in [3.8, 4) is 12.3 Å². The van der Waals surface area contributed by atoms with E-state index in [1.54, 1.807) is 6.07 Å². The smallest absolute Gasteiger partial charge is 0.255 e. The van der Waals surface area contributed by atoms with Gasteiger partial charge in [0.05, 0.1) is 5.56 Å². The SMILES string of the molecule is C#Cc1ccccc1C(=O)N1CCN(C)CC1. The van der Waals surface area contributed by atoms with Crippen LogP contribution in [0, 0.1) is 12.3 Å². The molecule has 1 amide bonds. The molecule has 1 aromatic carbocycles. The third kappa shape index (κ3) is 2.48. The molecule has 0 saturated carbocycles. The Kier molecular flexibility index (Phi) is 3.46. The molecule has 1 saturated heterocycles. The summed E-state index contributed by atoms with van der Waals surface area (Å²) in [6.07, 6.45) is 5.41. The summed E-state index contributed by atoms with van der Waals surface area (Å²) in [5.74, 6) is 2.61. The molecule has 3 heteroatoms. The molecule has 0 unspecified atom stereocenters. The number of nitrogens with zero attached hydrogens (tertiary/aromatic N) is 2. The minimum Gasteiger partial charge on any atom is -0.336 e. The molecule has 0 radical (unpaired) electrons. The molecule has 17 heavy (non-hydrogen) atoms. The highest BCUT2D eigenvalue weighted by molar-refractivity contribution is 5.96. The highest BCUT2D eigenvalue weighted by Crippen LogP contribution is 2.12. The van der Waals surface area contributed by atoms with E-state index < -0.39 is 0 Å². The maximum atomic E-state index is 12.3. The number of carbonyl (C=O) groups is 1. The summed E-state index contributed by atoms with van der Waals surface area (Å²) >= 11 is 0. The Morgan fingerprint density at radius 1 is 1.24 bits per heavy atom. The van der Waals surface area contributed by atoms with E-state index in [1.165, 1.54) is 0 Å². The Balaban J connectivity index is 2.17. The zero-order chi connectivity index (χ0) is 12.3. The fourth-order valence-corrected chi connectivity index (χ4v) is 1.98. The first kappa shape index (κ1) is 11.7. The van der Waals surface area contributed by atoms with Crippen LogP contribution in [0.25, 0.3) is 0 Å². The molecule has 0 N–H and O–H groups in total. The molecule has 0 bridgehead atoms. The van der Waals surface area contributed by atoms with Crippen LogP contribution in [0.15, 0.2) is 24.3 Å². The van der Waals surface area contributed by atoms with Crippen LogP contribution >= 0.6 is 0 Å². The Labute approximate surface area is 102 Å². The van der Waals surface area contributed by atoms with Crippen molar-refractivity contribution >= 4 is 5.91 Å². The van der Waals surface area contributed by atoms with Crippen LogP contribution in [0.2, 0.25) is 0 Å². The van der Waals surface area contributed by atoms with E-state index in [4.69, 9.17) is 6.42 Å². The molecule has 3 nitrogen and oxygen atoms in total. The lowest BCUT2D eigenvalue weighted by Crippen LogP contribution is -2.47. The van der Waals surface area contributed by atoms with E-state index in [0.29, 0.717) is 11.1 Å². The molecule has 2 rings (SSSR count). The lowest BCUT2D eigenvalue weighted by molar-refractivity contribution is 0.0664. The number of piperazine rings is 1. The van der Waals surface area contributed by atoms with Crippen LogP contribution in [-0.2, 0) is 0 Å². The van der Waals surface area contributed by atoms with Gasteiger partial charge in [0.15, 0.2) is 0 Å². The van der Waals surface area contributed by atoms with Gasteiger partial charge in [0.2, 0.25) is 0 Å². The van der Waals surface area contributed by atoms with E-state index in [9.17, 15) is 4.79 Å². The van der Waals surface area contributed by atoms with E-state index >= 15 is 0 Å². The van der Waals surface area contributed by atoms with Gasteiger partial charge in [-0.2, -0.15) is 0 Å². The average molecular weight is 228 g/mol. The summed E-state index contributed by atoms with van der Waals surface area (Å²) in [6, 6.07) is 7.32. The minimum absolute atomic E-state index is 0.0478. The highest BCUT2D eigenvalue weighted by Gasteiger charge is 2.21. The van der Waals surface area contributed by atoms with Crippen molar-refractivity contribution in [3.05, 3.63) is 35.4 Å². The molecule has 1 aliphatic rings. The van der Waals surface area contributed by atoms with Crippen molar-refractivity contribution < 1.29 is 4.79 Å². The second-order valence-electron chi connectivity index (χ2n) is 4.29. The van der Waals surface area contributed by atoms with Crippen LogP contribution in [0.4, 0.5) is 0 Å². The average Bonchev–Trinajstić information content (AvgIpc) is 2.39. The predicted octanol–water partition coefficient (Wildman–Crippen LogP) is 1.06. The zero-order valence-corrected chi connectivity index (χ0v) is 10.0. The fourth-order valence-electron chi connectivity index (χ4n) is 1.98. The summed E-state index contributed by atoms with van der Waals surface area (Å²) < 4.78 is 0. The van der Waals surface area contributed by atoms with Gasteiger partial charge in [-0.1, -0.05) is 18.1 Å². The number of amides is 1. The molecule has 0 aliphatic carbocycles. The lowest BCUT2D eigenvalue weighted by atomic mass is 10.1. The fraction of sp³-hybridized carbons (Fsp3) is 0.357. The quantitative estimate of drug-likeness (QED) is 0.671. The highest BCUT2D eigenvalue weighted by atomic mass is 16.2. The molecular formula is C14H16N2O. The van der Waals surface area contributed by atoms with Gasteiger partial charge in [-0.05, 0) is 19.2 Å². The van der Waals surface area contributed by atoms with Gasteiger partial charge >= 0.3 is 0 Å². The van der Waals surface area contributed by atoms with Crippen LogP contribution in [0.5, 0.6) is 0 Å². The minimum atomic E-state index is 0.0478. The van der Waals surface area contributed by atoms with E-state index in [-0.39, 0.29) is 5.91 Å². The second-order valence-corrected chi connectivity index (χ2v) is 4.29. The first-order valence-corrected chi connectivity index (χ1v) is 5.76. The topological polar surface area (TPSA) is 23.6 Å². The third-order valence-corrected chi connectivity index (χ3v) is 3.10. The molecule has 1 aliphatic heterocycles. The Bertz CT molecular complexity index is 454. The third-order valence-electron chi connectivity index (χ3n) is 3.10. The number of rotatable bonds is 1. The number of benzene rings is 1. The number of likely N-dealkylation sites (N-methyl/N-ethyl adjacent to an activating group) is 1. The van der Waals surface area contributed by atoms with Crippen LogP contribution in [0.3, 0.4) is 0 Å². The van der Waals surface area contributed by atoms with Crippen molar-refractivity contribution in [2.75, 3.05) is 33.2 Å². The summed E-state index contributed by atoms with van der Waals surface area (Å²) in [4.78, 5) is 16.4. The van der Waals surface area contributed by atoms with Crippen molar-refractivity contribution in [1.29, 1.82) is 0 Å². The number of carbonyl (C=O) groups excluding carboxylic acids is 1. The van der Waals surface area contributed by atoms with Crippen LogP contribution < -0.4 is 0 Å². The Morgan fingerprint density at radius 2 is 1.88 bits per heavy atom. The second kappa shape index (κ2) is 5.03. The predicted molar refractivity (Wildman–Crippen MR) is 67.8 cm³/mol. The standard InChI is InChI=1S/C14H16N2O/c1-3-12-6-4-5-7-13(12)14(17)16-10-8-15(2)9-11-16/h1,4-7H,8-11H2,2H3. The van der Waals surface area contributed by atoms with E-state index in [2.05, 4.69) is 17.9 Å². The zero-order valence-electron chi connectivity index (χ0n) is 10.0. The van der Waals surface area contributed by atoms with Crippen molar-refractivity contribution in [3.63, 3.8) is 0 Å². The van der Waals surface area contributed by atoms with Gasteiger partial charge in [0.1, 0.15) is 0 Å². The van der Waals surface area contributed by atoms with Gasteiger partial charge in [0.25, 0.3) is 5.91 Å². The van der Waals surface area contributed by atoms with Crippen molar-refractivity contribution in [2.24, 2.45) is 0 Å². The molecule has 1 heterocycles. The van der Waals surface area contributed by atoms with E-state index in [1.807, 2.05) is 23.1 Å². The summed E-state index contributed by atoms with van der Waals surface area (Å²) in [5.41, 5.74) is 1.32. The summed E-state index contributed by atoms with van der Waals surface area (Å²) in [5, 5.41) is 0. The van der Waals surface area contributed by atoms with Gasteiger partial charge in [-0.3, -0.25) is 4.79 Å². The maximum absolute atomic E-state index is 12.3. The number of hydrogen-bond acceptors (Lipinski definition) is 2. The van der Waals surface area contributed by atoms with E-state index in [0.717, 1.165) is 26.2 Å². The number of hydrogen-bond donors (Lipinski definition) is 0. The normalized spacial score (nSPS) is 16.6. The van der Waals surface area contributed by atoms with Gasteiger partial charge < -0.3 is 9.80 Å². The van der Waals surface area contributed by atoms with Crippen molar-refractivity contribution in [1.82, 2.24) is 9.80 Å². The lowest BCUT2D eigenvalue weighted by Gasteiger charge is -2.32. The molecule has 0 spiro atoms. The molecule has 1 fully saturated rings. The molecule has 0 atom stereocenters. The molecule has 88 valence electrons. The molecule has 1 aromatic rings. The number of terminal acetylenes is 1. The van der Waals surface area contributed by atoms with Gasteiger partial charge in [-0.25, -0.2) is 0 Å². The Morgan fingerprint density at radius 3 is 2.53 bits per heavy atom. The monoisotopic (exact) mass is 228 g/mol. The maximum Gasteiger partial charge on any atom is 0.255 e.